The molecule has 2 aromatic rings. The quantitative estimate of drug-likeness (QED) is 0.828. The summed E-state index contributed by atoms with van der Waals surface area (Å²) < 4.78 is 16.7. The number of benzene rings is 1. The molecule has 0 atom stereocenters. The molecule has 0 spiro atoms. The van der Waals surface area contributed by atoms with Crippen molar-refractivity contribution in [3.05, 3.63) is 38.0 Å². The molecule has 1 N–H and O–H groups in total. The zero-order chi connectivity index (χ0) is 17.0. The lowest BCUT2D eigenvalue weighted by Crippen LogP contribution is -2.23. The number of carbonyl (C=O) groups is 1. The van der Waals surface area contributed by atoms with Crippen LogP contribution in [0.2, 0.25) is 8.67 Å². The average molecular weight is 376 g/mol. The highest BCUT2D eigenvalue weighted by Gasteiger charge is 2.18. The minimum Gasteiger partial charge on any atom is -0.493 e. The van der Waals surface area contributed by atoms with Crippen molar-refractivity contribution in [1.82, 2.24) is 5.32 Å². The Morgan fingerprint density at radius 1 is 1.13 bits per heavy atom. The summed E-state index contributed by atoms with van der Waals surface area (Å²) in [4.78, 5) is 12.2. The van der Waals surface area contributed by atoms with E-state index < -0.39 is 0 Å². The lowest BCUT2D eigenvalue weighted by molar-refractivity contribution is 0.0951. The summed E-state index contributed by atoms with van der Waals surface area (Å²) in [5.74, 6) is 1.21. The second-order valence-corrected chi connectivity index (χ2v) is 6.70. The maximum Gasteiger partial charge on any atom is 0.253 e. The maximum atomic E-state index is 12.2. The van der Waals surface area contributed by atoms with E-state index in [0.717, 1.165) is 16.9 Å². The fourth-order valence-electron chi connectivity index (χ4n) is 2.07. The van der Waals surface area contributed by atoms with E-state index in [1.165, 1.54) is 20.3 Å². The molecule has 0 fully saturated rings. The molecule has 0 unspecified atom stereocenters. The molecule has 1 aromatic carbocycles. The number of methoxy groups -OCH3 is 3. The van der Waals surface area contributed by atoms with Gasteiger partial charge in [-0.15, -0.1) is 11.3 Å². The highest BCUT2D eigenvalue weighted by molar-refractivity contribution is 7.20. The van der Waals surface area contributed by atoms with Crippen LogP contribution in [0.4, 0.5) is 0 Å². The van der Waals surface area contributed by atoms with Crippen LogP contribution in [-0.4, -0.2) is 27.2 Å². The number of carbonyl (C=O) groups excluding carboxylic acids is 1. The van der Waals surface area contributed by atoms with Gasteiger partial charge < -0.3 is 19.5 Å². The third-order valence-corrected chi connectivity index (χ3v) is 4.61. The summed E-state index contributed by atoms with van der Waals surface area (Å²) in [5, 5.41) is 2.78. The number of rotatable bonds is 6. The number of hydrogen-bond donors (Lipinski definition) is 1. The van der Waals surface area contributed by atoms with Gasteiger partial charge in [0.1, 0.15) is 4.34 Å². The van der Waals surface area contributed by atoms with Gasteiger partial charge in [-0.25, -0.2) is 0 Å². The van der Waals surface area contributed by atoms with Gasteiger partial charge in [0.2, 0.25) is 5.75 Å². The van der Waals surface area contributed by atoms with Crippen molar-refractivity contribution in [2.75, 3.05) is 21.3 Å². The third-order valence-electron chi connectivity index (χ3n) is 3.13. The number of halogens is 2. The smallest absolute Gasteiger partial charge is 0.253 e. The standard InChI is InChI=1S/C15H15Cl2NO4S/c1-20-10-5-4-8(12(21-2)13(10)22-3)7-18-15(19)9-6-11(16)23-14(9)17/h4-6H,7H2,1-3H3,(H,18,19). The van der Waals surface area contributed by atoms with Crippen LogP contribution < -0.4 is 19.5 Å². The van der Waals surface area contributed by atoms with E-state index in [1.807, 2.05) is 0 Å². The zero-order valence-corrected chi connectivity index (χ0v) is 15.1. The van der Waals surface area contributed by atoms with Gasteiger partial charge in [-0.2, -0.15) is 0 Å². The van der Waals surface area contributed by atoms with E-state index in [1.54, 1.807) is 19.2 Å². The number of nitrogens with one attached hydrogen (secondary N) is 1. The van der Waals surface area contributed by atoms with Crippen LogP contribution >= 0.6 is 34.5 Å². The molecule has 0 bridgehead atoms. The van der Waals surface area contributed by atoms with Crippen LogP contribution in [0, 0.1) is 0 Å². The fraction of sp³-hybridized carbons (Fsp3) is 0.267. The molecule has 1 heterocycles. The average Bonchev–Trinajstić information content (AvgIpc) is 2.89. The molecule has 1 amide bonds. The van der Waals surface area contributed by atoms with Crippen molar-refractivity contribution in [2.45, 2.75) is 6.54 Å². The Balaban J connectivity index is 2.20. The molecule has 2 rings (SSSR count). The fourth-order valence-corrected chi connectivity index (χ4v) is 3.53. The number of thiophene rings is 1. The summed E-state index contributed by atoms with van der Waals surface area (Å²) in [6.45, 7) is 0.242. The Hall–Kier alpha value is -1.63. The van der Waals surface area contributed by atoms with Gasteiger partial charge in [0.25, 0.3) is 5.91 Å². The third kappa shape index (κ3) is 3.83. The summed E-state index contributed by atoms with van der Waals surface area (Å²) in [6, 6.07) is 5.08. The van der Waals surface area contributed by atoms with Gasteiger partial charge in [-0.3, -0.25) is 4.79 Å². The molecule has 0 aliphatic heterocycles. The Labute approximate surface area is 148 Å². The minimum atomic E-state index is -0.310. The van der Waals surface area contributed by atoms with Crippen molar-refractivity contribution < 1.29 is 19.0 Å². The second kappa shape index (κ2) is 7.77. The minimum absolute atomic E-state index is 0.242. The largest absolute Gasteiger partial charge is 0.493 e. The van der Waals surface area contributed by atoms with Crippen molar-refractivity contribution in [3.63, 3.8) is 0 Å². The number of amides is 1. The topological polar surface area (TPSA) is 56.8 Å². The first-order chi connectivity index (χ1) is 11.0. The predicted molar refractivity (Wildman–Crippen MR) is 91.6 cm³/mol. The first-order valence-corrected chi connectivity index (χ1v) is 8.10. The monoisotopic (exact) mass is 375 g/mol. The normalized spacial score (nSPS) is 10.3. The summed E-state index contributed by atoms with van der Waals surface area (Å²) >= 11 is 13.0. The van der Waals surface area contributed by atoms with Gasteiger partial charge in [-0.05, 0) is 18.2 Å². The molecule has 0 aliphatic rings. The molecular formula is C15H15Cl2NO4S. The van der Waals surface area contributed by atoms with Crippen molar-refractivity contribution >= 4 is 40.4 Å². The van der Waals surface area contributed by atoms with E-state index in [9.17, 15) is 4.79 Å². The van der Waals surface area contributed by atoms with Gasteiger partial charge >= 0.3 is 0 Å². The van der Waals surface area contributed by atoms with Crippen molar-refractivity contribution in [1.29, 1.82) is 0 Å². The van der Waals surface area contributed by atoms with Gasteiger partial charge in [0, 0.05) is 12.1 Å². The first-order valence-electron chi connectivity index (χ1n) is 6.52. The summed E-state index contributed by atoms with van der Waals surface area (Å²) in [5.41, 5.74) is 1.09. The number of ether oxygens (including phenoxy) is 3. The highest BCUT2D eigenvalue weighted by atomic mass is 35.5. The Bertz CT molecular complexity index is 718. The zero-order valence-electron chi connectivity index (χ0n) is 12.7. The molecule has 0 radical (unpaired) electrons. The lowest BCUT2D eigenvalue weighted by atomic mass is 10.1. The molecule has 8 heteroatoms. The van der Waals surface area contributed by atoms with Crippen molar-refractivity contribution in [2.24, 2.45) is 0 Å². The summed E-state index contributed by atoms with van der Waals surface area (Å²) in [6.07, 6.45) is 0. The van der Waals surface area contributed by atoms with E-state index in [-0.39, 0.29) is 12.5 Å². The van der Waals surface area contributed by atoms with E-state index in [0.29, 0.717) is 31.5 Å². The molecule has 5 nitrogen and oxygen atoms in total. The Morgan fingerprint density at radius 2 is 1.83 bits per heavy atom. The van der Waals surface area contributed by atoms with Crippen LogP contribution in [0.5, 0.6) is 17.2 Å². The van der Waals surface area contributed by atoms with E-state index >= 15 is 0 Å². The van der Waals surface area contributed by atoms with Crippen LogP contribution in [0.3, 0.4) is 0 Å². The van der Waals surface area contributed by atoms with E-state index in [4.69, 9.17) is 37.4 Å². The van der Waals surface area contributed by atoms with E-state index in [2.05, 4.69) is 5.32 Å². The predicted octanol–water partition coefficient (Wildman–Crippen LogP) is 4.01. The maximum absolute atomic E-state index is 12.2. The highest BCUT2D eigenvalue weighted by Crippen LogP contribution is 2.39. The molecule has 0 saturated carbocycles. The number of hydrogen-bond acceptors (Lipinski definition) is 5. The molecular weight excluding hydrogens is 361 g/mol. The Kier molecular flexibility index (Phi) is 5.98. The van der Waals surface area contributed by atoms with Crippen LogP contribution in [0.25, 0.3) is 0 Å². The van der Waals surface area contributed by atoms with Crippen molar-refractivity contribution in [3.8, 4) is 17.2 Å². The van der Waals surface area contributed by atoms with Crippen LogP contribution in [-0.2, 0) is 6.54 Å². The second-order valence-electron chi connectivity index (χ2n) is 4.41. The van der Waals surface area contributed by atoms with Gasteiger partial charge in [0.05, 0.1) is 31.2 Å². The molecule has 1 aromatic heterocycles. The SMILES string of the molecule is COc1ccc(CNC(=O)c2cc(Cl)sc2Cl)c(OC)c1OC. The van der Waals surface area contributed by atoms with Crippen LogP contribution in [0.15, 0.2) is 18.2 Å². The summed E-state index contributed by atoms with van der Waals surface area (Å²) in [7, 11) is 4.59. The molecule has 124 valence electrons. The first kappa shape index (κ1) is 17.7. The molecule has 0 aliphatic carbocycles. The molecule has 23 heavy (non-hydrogen) atoms. The molecule has 0 saturated heterocycles. The Morgan fingerprint density at radius 3 is 2.35 bits per heavy atom. The van der Waals surface area contributed by atoms with Gasteiger partial charge in [-0.1, -0.05) is 23.2 Å². The lowest BCUT2D eigenvalue weighted by Gasteiger charge is -2.16. The van der Waals surface area contributed by atoms with Crippen LogP contribution in [0.1, 0.15) is 15.9 Å². The van der Waals surface area contributed by atoms with Gasteiger partial charge in [0.15, 0.2) is 11.5 Å².